The van der Waals surface area contributed by atoms with Crippen molar-refractivity contribution in [2.75, 3.05) is 0 Å². The van der Waals surface area contributed by atoms with Gasteiger partial charge in [-0.1, -0.05) is 153 Å². The number of hydrogen-bond donors (Lipinski definition) is 0. The second kappa shape index (κ2) is 16.7. The molecule has 0 bridgehead atoms. The Morgan fingerprint density at radius 1 is 0.649 bits per heavy atom. The van der Waals surface area contributed by atoms with Gasteiger partial charge in [-0.2, -0.15) is 0 Å². The molecule has 1 unspecified atom stereocenters. The summed E-state index contributed by atoms with van der Waals surface area (Å²) in [6.07, 6.45) is 22.4. The van der Waals surface area contributed by atoms with Gasteiger partial charge in [-0.25, -0.2) is 15.0 Å². The SMILES string of the molecule is C=C1/C=C\C=C(\c2nc(C3=CCC(C)(/C=C\C=C/C)C=C3)nc(-c3ccc(S(c4ccccc4)(c4ccccc4)c4ccccc4)cc3)n2)Cc2ccccc2O1. The number of rotatable bonds is 9. The number of fused-ring (bicyclic) bond motifs is 1. The van der Waals surface area contributed by atoms with Gasteiger partial charge in [0.25, 0.3) is 0 Å². The third-order valence-corrected chi connectivity index (χ3v) is 14.2. The molecule has 5 heteroatoms. The van der Waals surface area contributed by atoms with Crippen molar-refractivity contribution in [1.29, 1.82) is 0 Å². The Hall–Kier alpha value is -6.56. The van der Waals surface area contributed by atoms with Gasteiger partial charge in [0.1, 0.15) is 11.5 Å². The van der Waals surface area contributed by atoms with E-state index in [0.29, 0.717) is 29.7 Å². The van der Waals surface area contributed by atoms with Crippen molar-refractivity contribution in [2.24, 2.45) is 5.41 Å². The van der Waals surface area contributed by atoms with Gasteiger partial charge in [0, 0.05) is 48.1 Å². The predicted octanol–water partition coefficient (Wildman–Crippen LogP) is 13.4. The van der Waals surface area contributed by atoms with Gasteiger partial charge >= 0.3 is 0 Å². The molecule has 0 fully saturated rings. The van der Waals surface area contributed by atoms with Crippen molar-refractivity contribution in [3.05, 3.63) is 230 Å². The van der Waals surface area contributed by atoms with E-state index in [9.17, 15) is 0 Å². The summed E-state index contributed by atoms with van der Waals surface area (Å²) in [5, 5.41) is 0. The summed E-state index contributed by atoms with van der Waals surface area (Å²) in [5.74, 6) is 3.23. The average Bonchev–Trinajstić information content (AvgIpc) is 3.34. The minimum Gasteiger partial charge on any atom is -0.458 e. The van der Waals surface area contributed by atoms with Gasteiger partial charge in [0.2, 0.25) is 0 Å². The molecule has 0 N–H and O–H groups in total. The summed E-state index contributed by atoms with van der Waals surface area (Å²) >= 11 is 0. The van der Waals surface area contributed by atoms with E-state index < -0.39 is 10.0 Å². The first-order valence-electron chi connectivity index (χ1n) is 19.3. The number of aromatic nitrogens is 3. The minimum atomic E-state index is -1.84. The van der Waals surface area contributed by atoms with E-state index in [1.54, 1.807) is 0 Å². The molecule has 0 spiro atoms. The zero-order valence-electron chi connectivity index (χ0n) is 32.3. The molecule has 8 rings (SSSR count). The molecule has 0 radical (unpaired) electrons. The van der Waals surface area contributed by atoms with Gasteiger partial charge in [0.15, 0.2) is 17.5 Å². The summed E-state index contributed by atoms with van der Waals surface area (Å²) in [7, 11) is -1.84. The maximum Gasteiger partial charge on any atom is 0.164 e. The Bertz CT molecular complexity index is 2470. The molecule has 1 aliphatic heterocycles. The molecule has 2 heterocycles. The topological polar surface area (TPSA) is 47.9 Å². The number of allylic oxidation sites excluding steroid dienone is 12. The minimum absolute atomic E-state index is 0.0974. The van der Waals surface area contributed by atoms with Crippen LogP contribution < -0.4 is 4.74 Å². The molecule has 0 saturated heterocycles. The van der Waals surface area contributed by atoms with E-state index >= 15 is 0 Å². The lowest BCUT2D eigenvalue weighted by Gasteiger charge is -2.42. The van der Waals surface area contributed by atoms with Crippen LogP contribution in [-0.2, 0) is 6.42 Å². The standard InChI is InChI=1S/C52H45N3OS/c1-4-5-17-35-52(3)36-33-41(34-37-52)50-53-49(54-51(55-50)43-21-18-19-39(2)56-48-28-16-15-20-42(48)38-43)40-29-31-47(32-30-40)57(44-22-9-6-10-23-44,45-24-11-7-12-25-45)46-26-13-8-14-27-46/h4-36H,2,37-38H2,1,3H3/b5-4-,19-18-,35-17-,43-21+. The van der Waals surface area contributed by atoms with Gasteiger partial charge in [-0.05, 0) is 79.6 Å². The first kappa shape index (κ1) is 37.4. The quantitative estimate of drug-likeness (QED) is 0.138. The molecule has 2 aliphatic rings. The summed E-state index contributed by atoms with van der Waals surface area (Å²) in [5.41, 5.74) is 3.79. The fourth-order valence-electron chi connectivity index (χ4n) is 7.31. The highest BCUT2D eigenvalue weighted by atomic mass is 32.3. The number of para-hydroxylation sites is 1. The third-order valence-electron chi connectivity index (χ3n) is 10.3. The number of benzene rings is 5. The molecule has 1 aromatic heterocycles. The molecule has 1 aliphatic carbocycles. The van der Waals surface area contributed by atoms with E-state index in [0.717, 1.165) is 34.4 Å². The molecule has 57 heavy (non-hydrogen) atoms. The molecule has 6 aromatic rings. The molecule has 5 aromatic carbocycles. The molecular weight excluding hydrogens is 715 g/mol. The molecule has 0 saturated carbocycles. The van der Waals surface area contributed by atoms with Crippen LogP contribution in [0.1, 0.15) is 37.5 Å². The van der Waals surface area contributed by atoms with Crippen LogP contribution in [0.2, 0.25) is 0 Å². The molecule has 4 nitrogen and oxygen atoms in total. The number of ether oxygens (including phenoxy) is 1. The van der Waals surface area contributed by atoms with Crippen molar-refractivity contribution < 1.29 is 4.74 Å². The Labute approximate surface area is 338 Å². The second-order valence-electron chi connectivity index (χ2n) is 14.4. The van der Waals surface area contributed by atoms with E-state index in [1.165, 1.54) is 19.6 Å². The Balaban J connectivity index is 1.27. The molecule has 0 amide bonds. The van der Waals surface area contributed by atoms with E-state index in [1.807, 2.05) is 43.4 Å². The normalized spacial score (nSPS) is 18.7. The Kier molecular flexibility index (Phi) is 10.9. The summed E-state index contributed by atoms with van der Waals surface area (Å²) < 4.78 is 6.11. The first-order chi connectivity index (χ1) is 27.9. The Morgan fingerprint density at radius 3 is 1.84 bits per heavy atom. The van der Waals surface area contributed by atoms with Crippen LogP contribution in [0.15, 0.2) is 232 Å². The van der Waals surface area contributed by atoms with Crippen LogP contribution in [0.4, 0.5) is 0 Å². The smallest absolute Gasteiger partial charge is 0.164 e. The van der Waals surface area contributed by atoms with Gasteiger partial charge in [-0.3, -0.25) is 0 Å². The summed E-state index contributed by atoms with van der Waals surface area (Å²) in [4.78, 5) is 20.6. The van der Waals surface area contributed by atoms with E-state index in [4.69, 9.17) is 19.7 Å². The maximum absolute atomic E-state index is 6.11. The van der Waals surface area contributed by atoms with Crippen LogP contribution >= 0.6 is 10.0 Å². The largest absolute Gasteiger partial charge is 0.458 e. The highest BCUT2D eigenvalue weighted by molar-refractivity contribution is 8.34. The van der Waals surface area contributed by atoms with Crippen molar-refractivity contribution in [3.8, 4) is 17.1 Å². The van der Waals surface area contributed by atoms with Crippen molar-refractivity contribution in [3.63, 3.8) is 0 Å². The third kappa shape index (κ3) is 7.93. The zero-order chi connectivity index (χ0) is 39.1. The lowest BCUT2D eigenvalue weighted by molar-refractivity contribution is 0.443. The summed E-state index contributed by atoms with van der Waals surface area (Å²) in [6.45, 7) is 8.37. The fraction of sp³-hybridized carbons (Fsp3) is 0.0962. The van der Waals surface area contributed by atoms with Crippen molar-refractivity contribution >= 4 is 21.2 Å². The zero-order valence-corrected chi connectivity index (χ0v) is 33.1. The summed E-state index contributed by atoms with van der Waals surface area (Å²) in [6, 6.07) is 49.6. The lowest BCUT2D eigenvalue weighted by atomic mass is 9.81. The van der Waals surface area contributed by atoms with Crippen LogP contribution in [0.3, 0.4) is 0 Å². The lowest BCUT2D eigenvalue weighted by Crippen LogP contribution is -2.13. The fourth-order valence-corrected chi connectivity index (χ4v) is 11.2. The van der Waals surface area contributed by atoms with Crippen LogP contribution in [-0.4, -0.2) is 15.0 Å². The number of nitrogens with zero attached hydrogens (tertiary/aromatic N) is 3. The second-order valence-corrected chi connectivity index (χ2v) is 17.5. The molecular formula is C52H45N3OS. The first-order valence-corrected chi connectivity index (χ1v) is 21.0. The molecule has 1 atom stereocenters. The van der Waals surface area contributed by atoms with Gasteiger partial charge in [-0.15, -0.1) is 10.0 Å². The monoisotopic (exact) mass is 759 g/mol. The number of hydrogen-bond acceptors (Lipinski definition) is 4. The molecule has 280 valence electrons. The van der Waals surface area contributed by atoms with Gasteiger partial charge < -0.3 is 4.74 Å². The van der Waals surface area contributed by atoms with E-state index in [2.05, 4.69) is 177 Å². The van der Waals surface area contributed by atoms with E-state index in [-0.39, 0.29) is 5.41 Å². The van der Waals surface area contributed by atoms with Gasteiger partial charge in [0.05, 0.1) is 0 Å². The van der Waals surface area contributed by atoms with Crippen LogP contribution in [0.25, 0.3) is 22.5 Å². The predicted molar refractivity (Wildman–Crippen MR) is 236 cm³/mol. The highest BCUT2D eigenvalue weighted by Gasteiger charge is 2.33. The Morgan fingerprint density at radius 2 is 1.23 bits per heavy atom. The van der Waals surface area contributed by atoms with Crippen LogP contribution in [0, 0.1) is 5.41 Å². The average molecular weight is 760 g/mol. The van der Waals surface area contributed by atoms with Crippen molar-refractivity contribution in [2.45, 2.75) is 46.3 Å². The van der Waals surface area contributed by atoms with Crippen LogP contribution in [0.5, 0.6) is 5.75 Å². The van der Waals surface area contributed by atoms with Crippen molar-refractivity contribution in [1.82, 2.24) is 15.0 Å². The highest BCUT2D eigenvalue weighted by Crippen LogP contribution is 2.73. The maximum atomic E-state index is 6.11.